The second-order valence-electron chi connectivity index (χ2n) is 2.18. The summed E-state index contributed by atoms with van der Waals surface area (Å²) in [4.78, 5) is 0. The Bertz CT molecular complexity index is 174. The highest BCUT2D eigenvalue weighted by atomic mass is 16.7. The first-order valence-electron chi connectivity index (χ1n) is 3.00. The van der Waals surface area contributed by atoms with Gasteiger partial charge in [-0.1, -0.05) is 6.58 Å². The maximum absolute atomic E-state index is 8.59. The highest BCUT2D eigenvalue weighted by Gasteiger charge is 2.29. The van der Waals surface area contributed by atoms with Gasteiger partial charge in [-0.15, -0.1) is 0 Å². The average molecular weight is 142 g/mol. The van der Waals surface area contributed by atoms with Gasteiger partial charge in [0.15, 0.2) is 5.76 Å². The zero-order valence-electron chi connectivity index (χ0n) is 5.83. The molecular weight excluding hydrogens is 132 g/mol. The summed E-state index contributed by atoms with van der Waals surface area (Å²) in [5, 5.41) is 8.59. The summed E-state index contributed by atoms with van der Waals surface area (Å²) in [6, 6.07) is 0. The minimum Gasteiger partial charge on any atom is -0.453 e. The molecule has 0 saturated carbocycles. The maximum atomic E-state index is 8.59. The van der Waals surface area contributed by atoms with E-state index < -0.39 is 5.79 Å². The van der Waals surface area contributed by atoms with Crippen LogP contribution in [0.4, 0.5) is 0 Å². The molecule has 0 amide bonds. The fraction of sp³-hybridized carbons (Fsp3) is 0.429. The van der Waals surface area contributed by atoms with Crippen LogP contribution >= 0.6 is 0 Å². The molecule has 0 radical (unpaired) electrons. The van der Waals surface area contributed by atoms with Gasteiger partial charge in [0.1, 0.15) is 12.9 Å². The standard InChI is InChI=1S/C7H10O3/c1-3-7(2)9-5-6(4-8)10-7/h3,5,8H,1,4H2,2H3. The van der Waals surface area contributed by atoms with Gasteiger partial charge < -0.3 is 14.6 Å². The minimum atomic E-state index is -0.780. The zero-order chi connectivity index (χ0) is 7.61. The summed E-state index contributed by atoms with van der Waals surface area (Å²) in [7, 11) is 0. The third kappa shape index (κ3) is 1.14. The fourth-order valence-electron chi connectivity index (χ4n) is 0.650. The van der Waals surface area contributed by atoms with Crippen molar-refractivity contribution >= 4 is 0 Å². The van der Waals surface area contributed by atoms with Crippen LogP contribution in [0.15, 0.2) is 24.7 Å². The van der Waals surface area contributed by atoms with Crippen LogP contribution in [0.25, 0.3) is 0 Å². The molecule has 10 heavy (non-hydrogen) atoms. The van der Waals surface area contributed by atoms with E-state index in [4.69, 9.17) is 14.6 Å². The van der Waals surface area contributed by atoms with Gasteiger partial charge in [0.25, 0.3) is 5.79 Å². The van der Waals surface area contributed by atoms with E-state index in [9.17, 15) is 0 Å². The van der Waals surface area contributed by atoms with Crippen LogP contribution in [-0.2, 0) is 9.47 Å². The Morgan fingerprint density at radius 2 is 2.60 bits per heavy atom. The maximum Gasteiger partial charge on any atom is 0.267 e. The molecule has 0 saturated heterocycles. The van der Waals surface area contributed by atoms with Crippen LogP contribution in [0.3, 0.4) is 0 Å². The van der Waals surface area contributed by atoms with Crippen molar-refractivity contribution in [3.05, 3.63) is 24.7 Å². The van der Waals surface area contributed by atoms with Crippen LogP contribution in [0.5, 0.6) is 0 Å². The fourth-order valence-corrected chi connectivity index (χ4v) is 0.650. The van der Waals surface area contributed by atoms with Gasteiger partial charge in [-0.05, 0) is 6.08 Å². The molecule has 1 atom stereocenters. The first-order chi connectivity index (χ1) is 4.70. The van der Waals surface area contributed by atoms with E-state index in [2.05, 4.69) is 6.58 Å². The number of aliphatic hydroxyl groups excluding tert-OH is 1. The number of hydrogen-bond donors (Lipinski definition) is 1. The Morgan fingerprint density at radius 3 is 2.90 bits per heavy atom. The summed E-state index contributed by atoms with van der Waals surface area (Å²) in [5.41, 5.74) is 0. The van der Waals surface area contributed by atoms with Gasteiger partial charge in [-0.25, -0.2) is 0 Å². The van der Waals surface area contributed by atoms with Crippen molar-refractivity contribution in [2.75, 3.05) is 6.61 Å². The smallest absolute Gasteiger partial charge is 0.267 e. The molecule has 0 bridgehead atoms. The van der Waals surface area contributed by atoms with Crippen LogP contribution < -0.4 is 0 Å². The first kappa shape index (κ1) is 7.15. The van der Waals surface area contributed by atoms with Crippen molar-refractivity contribution < 1.29 is 14.6 Å². The largest absolute Gasteiger partial charge is 0.453 e. The second kappa shape index (κ2) is 2.34. The van der Waals surface area contributed by atoms with Gasteiger partial charge in [0.05, 0.1) is 0 Å². The lowest BCUT2D eigenvalue weighted by molar-refractivity contribution is -0.0937. The predicted molar refractivity (Wildman–Crippen MR) is 35.9 cm³/mol. The molecule has 0 aromatic carbocycles. The highest BCUT2D eigenvalue weighted by Crippen LogP contribution is 2.24. The Hall–Kier alpha value is -0.960. The van der Waals surface area contributed by atoms with Gasteiger partial charge in [0, 0.05) is 6.92 Å². The van der Waals surface area contributed by atoms with E-state index in [0.717, 1.165) is 0 Å². The van der Waals surface area contributed by atoms with Crippen LogP contribution in [-0.4, -0.2) is 17.5 Å². The molecule has 1 rings (SSSR count). The van der Waals surface area contributed by atoms with Crippen LogP contribution in [0, 0.1) is 0 Å². The molecule has 0 aromatic heterocycles. The Kier molecular flexibility index (Phi) is 1.68. The molecule has 0 fully saturated rings. The lowest BCUT2D eigenvalue weighted by Gasteiger charge is -2.18. The molecular formula is C7H10O3. The number of hydrogen-bond acceptors (Lipinski definition) is 3. The summed E-state index contributed by atoms with van der Waals surface area (Å²) in [6.07, 6.45) is 2.92. The van der Waals surface area contributed by atoms with E-state index in [1.807, 2.05) is 0 Å². The third-order valence-corrected chi connectivity index (χ3v) is 1.28. The van der Waals surface area contributed by atoms with Crippen LogP contribution in [0.2, 0.25) is 0 Å². The van der Waals surface area contributed by atoms with Gasteiger partial charge in [-0.3, -0.25) is 0 Å². The molecule has 3 nitrogen and oxygen atoms in total. The third-order valence-electron chi connectivity index (χ3n) is 1.28. The van der Waals surface area contributed by atoms with E-state index in [1.165, 1.54) is 12.3 Å². The Morgan fingerprint density at radius 1 is 1.90 bits per heavy atom. The van der Waals surface area contributed by atoms with Crippen molar-refractivity contribution in [1.82, 2.24) is 0 Å². The van der Waals surface area contributed by atoms with E-state index in [-0.39, 0.29) is 6.61 Å². The van der Waals surface area contributed by atoms with Gasteiger partial charge in [0.2, 0.25) is 0 Å². The summed E-state index contributed by atoms with van der Waals surface area (Å²) >= 11 is 0. The Labute approximate surface area is 59.6 Å². The highest BCUT2D eigenvalue weighted by molar-refractivity contribution is 5.02. The molecule has 56 valence electrons. The second-order valence-corrected chi connectivity index (χ2v) is 2.18. The van der Waals surface area contributed by atoms with E-state index in [0.29, 0.717) is 5.76 Å². The number of ether oxygens (including phenoxy) is 2. The Balaban J connectivity index is 2.57. The molecule has 1 aliphatic rings. The molecule has 1 aliphatic heterocycles. The first-order valence-corrected chi connectivity index (χ1v) is 3.00. The van der Waals surface area contributed by atoms with Crippen molar-refractivity contribution in [3.63, 3.8) is 0 Å². The molecule has 0 aromatic rings. The van der Waals surface area contributed by atoms with Gasteiger partial charge in [-0.2, -0.15) is 0 Å². The van der Waals surface area contributed by atoms with Crippen LogP contribution in [0.1, 0.15) is 6.92 Å². The predicted octanol–water partition coefficient (Wildman–Crippen LogP) is 0.769. The SMILES string of the molecule is C=CC1(C)OC=C(CO)O1. The molecule has 0 aliphatic carbocycles. The van der Waals surface area contributed by atoms with E-state index in [1.54, 1.807) is 6.92 Å². The molecule has 1 unspecified atom stereocenters. The lowest BCUT2D eigenvalue weighted by Crippen LogP contribution is -2.22. The monoisotopic (exact) mass is 142 g/mol. The molecule has 0 spiro atoms. The van der Waals surface area contributed by atoms with Crippen molar-refractivity contribution in [2.24, 2.45) is 0 Å². The molecule has 1 N–H and O–H groups in total. The number of rotatable bonds is 2. The van der Waals surface area contributed by atoms with Gasteiger partial charge >= 0.3 is 0 Å². The van der Waals surface area contributed by atoms with Crippen molar-refractivity contribution in [1.29, 1.82) is 0 Å². The quantitative estimate of drug-likeness (QED) is 0.579. The summed E-state index contributed by atoms with van der Waals surface area (Å²) < 4.78 is 10.1. The molecule has 1 heterocycles. The molecule has 3 heteroatoms. The lowest BCUT2D eigenvalue weighted by atomic mass is 10.3. The normalized spacial score (nSPS) is 30.4. The average Bonchev–Trinajstić information content (AvgIpc) is 2.33. The van der Waals surface area contributed by atoms with Crippen molar-refractivity contribution in [3.8, 4) is 0 Å². The van der Waals surface area contributed by atoms with Crippen molar-refractivity contribution in [2.45, 2.75) is 12.7 Å². The minimum absolute atomic E-state index is 0.135. The van der Waals surface area contributed by atoms with E-state index >= 15 is 0 Å². The summed E-state index contributed by atoms with van der Waals surface area (Å²) in [5.74, 6) is -0.347. The summed E-state index contributed by atoms with van der Waals surface area (Å²) in [6.45, 7) is 5.10. The number of aliphatic hydroxyl groups is 1. The topological polar surface area (TPSA) is 38.7 Å². The zero-order valence-corrected chi connectivity index (χ0v) is 5.83.